The van der Waals surface area contributed by atoms with E-state index in [1.807, 2.05) is 6.92 Å². The maximum absolute atomic E-state index is 11.3. The lowest BCUT2D eigenvalue weighted by atomic mass is 10.1. The van der Waals surface area contributed by atoms with Gasteiger partial charge in [0.1, 0.15) is 6.04 Å². The summed E-state index contributed by atoms with van der Waals surface area (Å²) in [5.74, 6) is -0.182. The van der Waals surface area contributed by atoms with Gasteiger partial charge >= 0.3 is 5.97 Å². The van der Waals surface area contributed by atoms with Crippen LogP contribution in [-0.4, -0.2) is 38.4 Å². The average Bonchev–Trinajstić information content (AvgIpc) is 2.26. The number of ether oxygens (including phenoxy) is 2. The minimum Gasteiger partial charge on any atom is -0.468 e. The molecule has 0 aromatic heterocycles. The molecule has 0 saturated carbocycles. The minimum absolute atomic E-state index is 0.182. The maximum atomic E-state index is 11.3. The summed E-state index contributed by atoms with van der Waals surface area (Å²) in [7, 11) is 1.42. The van der Waals surface area contributed by atoms with Crippen LogP contribution in [-0.2, 0) is 14.3 Å². The van der Waals surface area contributed by atoms with Crippen molar-refractivity contribution >= 4 is 5.97 Å². The van der Waals surface area contributed by atoms with Gasteiger partial charge in [0.05, 0.1) is 13.7 Å². The van der Waals surface area contributed by atoms with Gasteiger partial charge in [0.15, 0.2) is 0 Å². The van der Waals surface area contributed by atoms with E-state index in [9.17, 15) is 4.79 Å². The Kier molecular flexibility index (Phi) is 4.90. The van der Waals surface area contributed by atoms with Crippen molar-refractivity contribution < 1.29 is 14.3 Å². The SMILES string of the molecule is CCC(NC1CCCOC1)C(=O)OC. The predicted molar refractivity (Wildman–Crippen MR) is 53.1 cm³/mol. The molecule has 1 fully saturated rings. The van der Waals surface area contributed by atoms with Crippen molar-refractivity contribution in [2.75, 3.05) is 20.3 Å². The van der Waals surface area contributed by atoms with Crippen LogP contribution in [0.15, 0.2) is 0 Å². The Morgan fingerprint density at radius 2 is 2.50 bits per heavy atom. The molecule has 0 spiro atoms. The van der Waals surface area contributed by atoms with E-state index in [1.54, 1.807) is 0 Å². The number of hydrogen-bond acceptors (Lipinski definition) is 4. The molecule has 1 aliphatic heterocycles. The quantitative estimate of drug-likeness (QED) is 0.680. The molecule has 0 bridgehead atoms. The van der Waals surface area contributed by atoms with Crippen molar-refractivity contribution in [1.82, 2.24) is 5.32 Å². The number of carbonyl (C=O) groups excluding carboxylic acids is 1. The second-order valence-electron chi connectivity index (χ2n) is 3.56. The summed E-state index contributed by atoms with van der Waals surface area (Å²) in [6.07, 6.45) is 2.89. The molecule has 1 N–H and O–H groups in total. The highest BCUT2D eigenvalue weighted by Crippen LogP contribution is 2.08. The largest absolute Gasteiger partial charge is 0.468 e. The summed E-state index contributed by atoms with van der Waals surface area (Å²) >= 11 is 0. The standard InChI is InChI=1S/C10H19NO3/c1-3-9(10(12)13-2)11-8-5-4-6-14-7-8/h8-9,11H,3-7H2,1-2H3. The number of carbonyl (C=O) groups is 1. The third kappa shape index (κ3) is 3.27. The Morgan fingerprint density at radius 1 is 1.71 bits per heavy atom. The zero-order chi connectivity index (χ0) is 10.4. The van der Waals surface area contributed by atoms with Crippen LogP contribution < -0.4 is 5.32 Å². The second-order valence-corrected chi connectivity index (χ2v) is 3.56. The van der Waals surface area contributed by atoms with Crippen LogP contribution in [0.4, 0.5) is 0 Å². The molecule has 0 amide bonds. The first-order valence-electron chi connectivity index (χ1n) is 5.19. The summed E-state index contributed by atoms with van der Waals surface area (Å²) in [6, 6.07) is 0.111. The molecular weight excluding hydrogens is 182 g/mol. The third-order valence-electron chi connectivity index (χ3n) is 2.49. The lowest BCUT2D eigenvalue weighted by Gasteiger charge is -2.26. The molecule has 0 aromatic carbocycles. The van der Waals surface area contributed by atoms with Crippen LogP contribution in [0.2, 0.25) is 0 Å². The zero-order valence-corrected chi connectivity index (χ0v) is 8.91. The van der Waals surface area contributed by atoms with Gasteiger partial charge in [-0.1, -0.05) is 6.92 Å². The molecular formula is C10H19NO3. The summed E-state index contributed by atoms with van der Waals surface area (Å²) in [5.41, 5.74) is 0. The van der Waals surface area contributed by atoms with Crippen LogP contribution in [0.1, 0.15) is 26.2 Å². The smallest absolute Gasteiger partial charge is 0.322 e. The molecule has 14 heavy (non-hydrogen) atoms. The Morgan fingerprint density at radius 3 is 3.00 bits per heavy atom. The Hall–Kier alpha value is -0.610. The van der Waals surface area contributed by atoms with E-state index in [0.29, 0.717) is 12.6 Å². The molecule has 2 unspecified atom stereocenters. The van der Waals surface area contributed by atoms with Crippen LogP contribution in [0, 0.1) is 0 Å². The first-order valence-corrected chi connectivity index (χ1v) is 5.19. The summed E-state index contributed by atoms with van der Waals surface area (Å²) in [4.78, 5) is 11.3. The molecule has 1 aliphatic rings. The fourth-order valence-electron chi connectivity index (χ4n) is 1.65. The highest BCUT2D eigenvalue weighted by molar-refractivity contribution is 5.75. The molecule has 0 radical (unpaired) electrons. The molecule has 1 rings (SSSR count). The monoisotopic (exact) mass is 201 g/mol. The Bertz CT molecular complexity index is 178. The molecule has 0 aromatic rings. The van der Waals surface area contributed by atoms with E-state index in [4.69, 9.17) is 9.47 Å². The van der Waals surface area contributed by atoms with Crippen molar-refractivity contribution in [2.24, 2.45) is 0 Å². The second kappa shape index (κ2) is 5.98. The summed E-state index contributed by atoms with van der Waals surface area (Å²) in [6.45, 7) is 3.51. The molecule has 0 aliphatic carbocycles. The van der Waals surface area contributed by atoms with Crippen LogP contribution in [0.3, 0.4) is 0 Å². The lowest BCUT2D eigenvalue weighted by Crippen LogP contribution is -2.47. The van der Waals surface area contributed by atoms with Gasteiger partial charge in [-0.2, -0.15) is 0 Å². The van der Waals surface area contributed by atoms with E-state index in [2.05, 4.69) is 5.32 Å². The van der Waals surface area contributed by atoms with Gasteiger partial charge in [-0.25, -0.2) is 0 Å². The van der Waals surface area contributed by atoms with Gasteiger partial charge in [0.25, 0.3) is 0 Å². The van der Waals surface area contributed by atoms with E-state index >= 15 is 0 Å². The van der Waals surface area contributed by atoms with Gasteiger partial charge in [0, 0.05) is 12.6 Å². The van der Waals surface area contributed by atoms with E-state index in [1.165, 1.54) is 7.11 Å². The Labute approximate surface area is 85.0 Å². The van der Waals surface area contributed by atoms with Crippen molar-refractivity contribution in [3.63, 3.8) is 0 Å². The zero-order valence-electron chi connectivity index (χ0n) is 8.91. The third-order valence-corrected chi connectivity index (χ3v) is 2.49. The highest BCUT2D eigenvalue weighted by atomic mass is 16.5. The number of methoxy groups -OCH3 is 1. The Balaban J connectivity index is 2.34. The first kappa shape index (κ1) is 11.5. The van der Waals surface area contributed by atoms with Crippen molar-refractivity contribution in [2.45, 2.75) is 38.3 Å². The van der Waals surface area contributed by atoms with Crippen molar-refractivity contribution in [1.29, 1.82) is 0 Å². The average molecular weight is 201 g/mol. The summed E-state index contributed by atoms with van der Waals surface area (Å²) in [5, 5.41) is 3.26. The minimum atomic E-state index is -0.188. The molecule has 4 nitrogen and oxygen atoms in total. The van der Waals surface area contributed by atoms with Crippen LogP contribution in [0.25, 0.3) is 0 Å². The topological polar surface area (TPSA) is 47.6 Å². The maximum Gasteiger partial charge on any atom is 0.322 e. The normalized spacial score (nSPS) is 24.3. The summed E-state index contributed by atoms with van der Waals surface area (Å²) < 4.78 is 10.0. The van der Waals surface area contributed by atoms with E-state index < -0.39 is 0 Å². The van der Waals surface area contributed by atoms with Gasteiger partial charge in [-0.15, -0.1) is 0 Å². The molecule has 2 atom stereocenters. The fourth-order valence-corrected chi connectivity index (χ4v) is 1.65. The number of nitrogens with one attached hydrogen (secondary N) is 1. The molecule has 4 heteroatoms. The first-order chi connectivity index (χ1) is 6.77. The molecule has 1 saturated heterocycles. The van der Waals surface area contributed by atoms with Crippen LogP contribution in [0.5, 0.6) is 0 Å². The van der Waals surface area contributed by atoms with Crippen molar-refractivity contribution in [3.05, 3.63) is 0 Å². The lowest BCUT2D eigenvalue weighted by molar-refractivity contribution is -0.143. The fraction of sp³-hybridized carbons (Fsp3) is 0.900. The molecule has 1 heterocycles. The van der Waals surface area contributed by atoms with Gasteiger partial charge < -0.3 is 9.47 Å². The number of hydrogen-bond donors (Lipinski definition) is 1. The van der Waals surface area contributed by atoms with Gasteiger partial charge in [-0.05, 0) is 19.3 Å². The number of esters is 1. The van der Waals surface area contributed by atoms with Crippen molar-refractivity contribution in [3.8, 4) is 0 Å². The molecule has 82 valence electrons. The van der Waals surface area contributed by atoms with E-state index in [-0.39, 0.29) is 12.0 Å². The highest BCUT2D eigenvalue weighted by Gasteiger charge is 2.22. The van der Waals surface area contributed by atoms with Gasteiger partial charge in [-0.3, -0.25) is 10.1 Å². The number of rotatable bonds is 4. The van der Waals surface area contributed by atoms with E-state index in [0.717, 1.165) is 25.9 Å². The van der Waals surface area contributed by atoms with Gasteiger partial charge in [0.2, 0.25) is 0 Å². The van der Waals surface area contributed by atoms with Crippen LogP contribution >= 0.6 is 0 Å². The predicted octanol–water partition coefficient (Wildman–Crippen LogP) is 0.707.